The van der Waals surface area contributed by atoms with Crippen molar-refractivity contribution in [3.05, 3.63) is 41.2 Å². The molecular weight excluding hydrogens is 264 g/mol. The molecule has 0 unspecified atom stereocenters. The van der Waals surface area contributed by atoms with Gasteiger partial charge in [0, 0.05) is 17.8 Å². The van der Waals surface area contributed by atoms with Gasteiger partial charge < -0.3 is 11.1 Å². The lowest BCUT2D eigenvalue weighted by molar-refractivity contribution is 0.102. The first-order valence-corrected chi connectivity index (χ1v) is 6.25. The predicted octanol–water partition coefficient (Wildman–Crippen LogP) is 2.95. The van der Waals surface area contributed by atoms with Crippen LogP contribution in [0.1, 0.15) is 30.2 Å². The van der Waals surface area contributed by atoms with E-state index >= 15 is 0 Å². The summed E-state index contributed by atoms with van der Waals surface area (Å²) in [6, 6.07) is 5.02. The molecule has 3 N–H and O–H groups in total. The fourth-order valence-corrected chi connectivity index (χ4v) is 1.74. The lowest BCUT2D eigenvalue weighted by Crippen LogP contribution is -2.11. The number of carbonyl (C=O) groups excluding carboxylic acids is 1. The molecule has 0 aliphatic carbocycles. The fourth-order valence-electron chi connectivity index (χ4n) is 1.56. The third-order valence-corrected chi connectivity index (χ3v) is 2.98. The van der Waals surface area contributed by atoms with E-state index in [-0.39, 0.29) is 11.9 Å². The van der Waals surface area contributed by atoms with Gasteiger partial charge in [0.05, 0.1) is 22.6 Å². The fraction of sp³-hybridized carbons (Fsp3) is 0.231. The Bertz CT molecular complexity index is 606. The Morgan fingerprint density at radius 2 is 2.21 bits per heavy atom. The molecular formula is C13H15ClN4O. The zero-order valence-corrected chi connectivity index (χ0v) is 11.5. The highest BCUT2D eigenvalue weighted by molar-refractivity contribution is 6.33. The number of amides is 1. The molecule has 1 heterocycles. The van der Waals surface area contributed by atoms with E-state index in [0.29, 0.717) is 22.0 Å². The van der Waals surface area contributed by atoms with E-state index in [9.17, 15) is 4.79 Å². The molecule has 0 aliphatic rings. The largest absolute Gasteiger partial charge is 0.398 e. The minimum absolute atomic E-state index is 0.245. The average Bonchev–Trinajstić information content (AvgIpc) is 2.81. The van der Waals surface area contributed by atoms with Crippen LogP contribution in [0.25, 0.3) is 0 Å². The van der Waals surface area contributed by atoms with Crippen LogP contribution in [0.3, 0.4) is 0 Å². The number of halogens is 1. The second-order valence-electron chi connectivity index (χ2n) is 4.49. The van der Waals surface area contributed by atoms with Crippen LogP contribution in [-0.2, 0) is 0 Å². The van der Waals surface area contributed by atoms with E-state index in [1.807, 2.05) is 13.8 Å². The van der Waals surface area contributed by atoms with Crippen molar-refractivity contribution in [2.75, 3.05) is 11.1 Å². The smallest absolute Gasteiger partial charge is 0.255 e. The van der Waals surface area contributed by atoms with Crippen molar-refractivity contribution < 1.29 is 4.79 Å². The Morgan fingerprint density at radius 3 is 2.79 bits per heavy atom. The second-order valence-corrected chi connectivity index (χ2v) is 4.90. The number of nitrogen functional groups attached to an aromatic ring is 1. The van der Waals surface area contributed by atoms with Gasteiger partial charge in [-0.2, -0.15) is 5.10 Å². The zero-order valence-electron chi connectivity index (χ0n) is 10.7. The first-order chi connectivity index (χ1) is 8.97. The SMILES string of the molecule is CC(C)n1cc(NC(=O)c2ccc(N)c(Cl)c2)cn1. The van der Waals surface area contributed by atoms with Crippen molar-refractivity contribution in [1.29, 1.82) is 0 Å². The van der Waals surface area contributed by atoms with Crippen LogP contribution in [0.4, 0.5) is 11.4 Å². The number of aromatic nitrogens is 2. The van der Waals surface area contributed by atoms with Crippen LogP contribution >= 0.6 is 11.6 Å². The average molecular weight is 279 g/mol. The molecule has 1 amide bonds. The molecule has 0 atom stereocenters. The van der Waals surface area contributed by atoms with E-state index < -0.39 is 0 Å². The number of nitrogens with one attached hydrogen (secondary N) is 1. The summed E-state index contributed by atoms with van der Waals surface area (Å²) in [4.78, 5) is 12.0. The summed E-state index contributed by atoms with van der Waals surface area (Å²) in [5.74, 6) is -0.245. The quantitative estimate of drug-likeness (QED) is 0.848. The Labute approximate surface area is 116 Å². The van der Waals surface area contributed by atoms with Crippen LogP contribution in [0, 0.1) is 0 Å². The molecule has 0 saturated carbocycles. The van der Waals surface area contributed by atoms with Crippen molar-refractivity contribution in [3.63, 3.8) is 0 Å². The van der Waals surface area contributed by atoms with Crippen LogP contribution in [-0.4, -0.2) is 15.7 Å². The molecule has 1 aromatic carbocycles. The summed E-state index contributed by atoms with van der Waals surface area (Å²) < 4.78 is 1.77. The van der Waals surface area contributed by atoms with Gasteiger partial charge in [-0.3, -0.25) is 9.48 Å². The number of nitrogens with zero attached hydrogens (tertiary/aromatic N) is 2. The van der Waals surface area contributed by atoms with Gasteiger partial charge in [-0.15, -0.1) is 0 Å². The van der Waals surface area contributed by atoms with Crippen LogP contribution < -0.4 is 11.1 Å². The number of benzene rings is 1. The van der Waals surface area contributed by atoms with Gasteiger partial charge >= 0.3 is 0 Å². The van der Waals surface area contributed by atoms with Crippen LogP contribution in [0.15, 0.2) is 30.6 Å². The summed E-state index contributed by atoms with van der Waals surface area (Å²) in [5, 5.41) is 7.27. The van der Waals surface area contributed by atoms with E-state index in [2.05, 4.69) is 10.4 Å². The highest BCUT2D eigenvalue weighted by atomic mass is 35.5. The summed E-state index contributed by atoms with van der Waals surface area (Å²) in [7, 11) is 0. The minimum atomic E-state index is -0.245. The summed E-state index contributed by atoms with van der Waals surface area (Å²) in [6.45, 7) is 4.02. The van der Waals surface area contributed by atoms with Gasteiger partial charge in [-0.05, 0) is 32.0 Å². The Kier molecular flexibility index (Phi) is 3.76. The van der Waals surface area contributed by atoms with Crippen molar-refractivity contribution in [1.82, 2.24) is 9.78 Å². The highest BCUT2D eigenvalue weighted by Crippen LogP contribution is 2.20. The van der Waals surface area contributed by atoms with Gasteiger partial charge in [0.2, 0.25) is 0 Å². The van der Waals surface area contributed by atoms with Gasteiger partial charge in [-0.25, -0.2) is 0 Å². The molecule has 5 nitrogen and oxygen atoms in total. The van der Waals surface area contributed by atoms with Gasteiger partial charge in [0.15, 0.2) is 0 Å². The molecule has 0 radical (unpaired) electrons. The number of rotatable bonds is 3. The number of hydrogen-bond acceptors (Lipinski definition) is 3. The van der Waals surface area contributed by atoms with Crippen LogP contribution in [0.5, 0.6) is 0 Å². The van der Waals surface area contributed by atoms with E-state index in [0.717, 1.165) is 0 Å². The van der Waals surface area contributed by atoms with Gasteiger partial charge in [-0.1, -0.05) is 11.6 Å². The molecule has 19 heavy (non-hydrogen) atoms. The molecule has 1 aromatic heterocycles. The predicted molar refractivity (Wildman–Crippen MR) is 76.4 cm³/mol. The highest BCUT2D eigenvalue weighted by Gasteiger charge is 2.09. The lowest BCUT2D eigenvalue weighted by Gasteiger charge is -2.05. The maximum atomic E-state index is 12.0. The first kappa shape index (κ1) is 13.4. The molecule has 0 aliphatic heterocycles. The molecule has 2 aromatic rings. The maximum absolute atomic E-state index is 12.0. The molecule has 0 spiro atoms. The van der Waals surface area contributed by atoms with E-state index in [1.165, 1.54) is 0 Å². The lowest BCUT2D eigenvalue weighted by atomic mass is 10.2. The standard InChI is InChI=1S/C13H15ClN4O/c1-8(2)18-7-10(6-16-18)17-13(19)9-3-4-12(15)11(14)5-9/h3-8H,15H2,1-2H3,(H,17,19). The summed E-state index contributed by atoms with van der Waals surface area (Å²) in [6.07, 6.45) is 3.39. The molecule has 0 saturated heterocycles. The topological polar surface area (TPSA) is 72.9 Å². The third-order valence-electron chi connectivity index (χ3n) is 2.65. The van der Waals surface area contributed by atoms with Crippen molar-refractivity contribution in [2.45, 2.75) is 19.9 Å². The molecule has 2 rings (SSSR count). The Balaban J connectivity index is 2.13. The molecule has 0 bridgehead atoms. The zero-order chi connectivity index (χ0) is 14.0. The van der Waals surface area contributed by atoms with Crippen molar-refractivity contribution in [3.8, 4) is 0 Å². The van der Waals surface area contributed by atoms with E-state index in [1.54, 1.807) is 35.3 Å². The molecule has 6 heteroatoms. The number of anilines is 2. The van der Waals surface area contributed by atoms with Gasteiger partial charge in [0.1, 0.15) is 0 Å². The number of nitrogens with two attached hydrogens (primary N) is 1. The Hall–Kier alpha value is -2.01. The van der Waals surface area contributed by atoms with Crippen LogP contribution in [0.2, 0.25) is 5.02 Å². The summed E-state index contributed by atoms with van der Waals surface area (Å²) >= 11 is 5.89. The van der Waals surface area contributed by atoms with Gasteiger partial charge in [0.25, 0.3) is 5.91 Å². The summed E-state index contributed by atoms with van der Waals surface area (Å²) in [5.41, 5.74) is 7.15. The normalized spacial score (nSPS) is 10.7. The molecule has 0 fully saturated rings. The minimum Gasteiger partial charge on any atom is -0.398 e. The van der Waals surface area contributed by atoms with E-state index in [4.69, 9.17) is 17.3 Å². The van der Waals surface area contributed by atoms with Crippen molar-refractivity contribution >= 4 is 28.9 Å². The third kappa shape index (κ3) is 3.06. The maximum Gasteiger partial charge on any atom is 0.255 e. The number of hydrogen-bond donors (Lipinski definition) is 2. The second kappa shape index (κ2) is 5.32. The first-order valence-electron chi connectivity index (χ1n) is 5.88. The monoisotopic (exact) mass is 278 g/mol. The molecule has 100 valence electrons. The van der Waals surface area contributed by atoms with Crippen molar-refractivity contribution in [2.24, 2.45) is 0 Å². The Morgan fingerprint density at radius 1 is 1.47 bits per heavy atom. The number of carbonyl (C=O) groups is 1.